The van der Waals surface area contributed by atoms with Crippen LogP contribution in [0.2, 0.25) is 0 Å². The number of rotatable bonds is 10. The molecule has 0 fully saturated rings. The minimum Gasteiger partial charge on any atom is -0.482 e. The summed E-state index contributed by atoms with van der Waals surface area (Å²) >= 11 is 3.62. The first-order valence-electron chi connectivity index (χ1n) is 9.33. The van der Waals surface area contributed by atoms with Crippen LogP contribution in [0, 0.1) is 13.8 Å². The summed E-state index contributed by atoms with van der Waals surface area (Å²) in [4.78, 5) is 13.8. The van der Waals surface area contributed by atoms with Gasteiger partial charge < -0.3 is 19.1 Å². The van der Waals surface area contributed by atoms with Gasteiger partial charge in [-0.05, 0) is 55.7 Å². The maximum Gasteiger partial charge on any atom is 0.344 e. The summed E-state index contributed by atoms with van der Waals surface area (Å²) in [6, 6.07) is 12.2. The van der Waals surface area contributed by atoms with Gasteiger partial charge in [0.25, 0.3) is 0 Å². The van der Waals surface area contributed by atoms with E-state index in [2.05, 4.69) is 39.9 Å². The minimum atomic E-state index is -0.359. The number of methoxy groups -OCH3 is 1. The molecule has 0 amide bonds. The average Bonchev–Trinajstić information content (AvgIpc) is 2.67. The molecule has 152 valence electrons. The van der Waals surface area contributed by atoms with Gasteiger partial charge in [-0.3, -0.25) is 0 Å². The fourth-order valence-corrected chi connectivity index (χ4v) is 3.31. The van der Waals surface area contributed by atoms with E-state index in [0.29, 0.717) is 19.0 Å². The van der Waals surface area contributed by atoms with Gasteiger partial charge in [0.2, 0.25) is 0 Å². The topological polar surface area (TPSA) is 48.0 Å². The molecule has 0 spiro atoms. The first kappa shape index (κ1) is 22.2. The van der Waals surface area contributed by atoms with Crippen LogP contribution in [0.15, 0.2) is 40.9 Å². The van der Waals surface area contributed by atoms with Gasteiger partial charge in [0, 0.05) is 30.4 Å². The lowest BCUT2D eigenvalue weighted by molar-refractivity contribution is -0.145. The molecule has 2 rings (SSSR count). The molecule has 0 unspecified atom stereocenters. The van der Waals surface area contributed by atoms with Crippen molar-refractivity contribution in [2.75, 3.05) is 38.4 Å². The van der Waals surface area contributed by atoms with Crippen molar-refractivity contribution in [3.05, 3.63) is 57.6 Å². The first-order valence-corrected chi connectivity index (χ1v) is 10.1. The van der Waals surface area contributed by atoms with E-state index in [4.69, 9.17) is 14.2 Å². The maximum atomic E-state index is 11.5. The molecular weight excluding hydrogens is 422 g/mol. The second kappa shape index (κ2) is 11.1. The van der Waals surface area contributed by atoms with Gasteiger partial charge >= 0.3 is 5.97 Å². The fourth-order valence-electron chi connectivity index (χ4n) is 2.96. The Balaban J connectivity index is 2.14. The predicted octanol–water partition coefficient (Wildman–Crippen LogP) is 4.66. The molecular formula is C22H28BrNO4. The van der Waals surface area contributed by atoms with Gasteiger partial charge in [0.05, 0.1) is 13.2 Å². The number of nitrogens with zero attached hydrogens (tertiary/aromatic N) is 1. The molecule has 0 heterocycles. The van der Waals surface area contributed by atoms with E-state index >= 15 is 0 Å². The number of anilines is 1. The molecule has 0 N–H and O–H groups in total. The Kier molecular flexibility index (Phi) is 8.80. The smallest absolute Gasteiger partial charge is 0.344 e. The molecule has 2 aromatic carbocycles. The van der Waals surface area contributed by atoms with Crippen molar-refractivity contribution in [1.82, 2.24) is 0 Å². The highest BCUT2D eigenvalue weighted by atomic mass is 79.9. The highest BCUT2D eigenvalue weighted by Crippen LogP contribution is 2.29. The van der Waals surface area contributed by atoms with Crippen LogP contribution in [0.25, 0.3) is 0 Å². The van der Waals surface area contributed by atoms with E-state index in [1.165, 1.54) is 11.3 Å². The monoisotopic (exact) mass is 449 g/mol. The summed E-state index contributed by atoms with van der Waals surface area (Å²) in [5, 5.41) is 0. The molecule has 0 aliphatic heterocycles. The summed E-state index contributed by atoms with van der Waals surface area (Å²) in [6.07, 6.45) is 0. The lowest BCUT2D eigenvalue weighted by Gasteiger charge is -2.27. The molecule has 6 heteroatoms. The van der Waals surface area contributed by atoms with Crippen molar-refractivity contribution in [3.8, 4) is 5.75 Å². The number of carbonyl (C=O) groups excluding carboxylic acids is 1. The van der Waals surface area contributed by atoms with E-state index in [9.17, 15) is 4.79 Å². The highest BCUT2D eigenvalue weighted by molar-refractivity contribution is 9.10. The van der Waals surface area contributed by atoms with E-state index in [-0.39, 0.29) is 12.6 Å². The van der Waals surface area contributed by atoms with Gasteiger partial charge in [-0.25, -0.2) is 4.79 Å². The van der Waals surface area contributed by atoms with Gasteiger partial charge in [0.1, 0.15) is 5.75 Å². The Bertz CT molecular complexity index is 794. The van der Waals surface area contributed by atoms with E-state index in [1.54, 1.807) is 14.0 Å². The Morgan fingerprint density at radius 1 is 1.18 bits per heavy atom. The molecule has 0 saturated carbocycles. The lowest BCUT2D eigenvalue weighted by atomic mass is 10.1. The van der Waals surface area contributed by atoms with Crippen LogP contribution in [-0.2, 0) is 20.8 Å². The van der Waals surface area contributed by atoms with Gasteiger partial charge in [-0.15, -0.1) is 0 Å². The van der Waals surface area contributed by atoms with Crippen molar-refractivity contribution in [2.24, 2.45) is 0 Å². The molecule has 0 aliphatic rings. The average molecular weight is 450 g/mol. The Morgan fingerprint density at radius 2 is 1.96 bits per heavy atom. The zero-order chi connectivity index (χ0) is 20.5. The number of carbonyl (C=O) groups is 1. The van der Waals surface area contributed by atoms with Crippen LogP contribution in [-0.4, -0.2) is 39.4 Å². The predicted molar refractivity (Wildman–Crippen MR) is 115 cm³/mol. The summed E-state index contributed by atoms with van der Waals surface area (Å²) in [5.41, 5.74) is 4.52. The molecule has 0 aliphatic carbocycles. The third-order valence-corrected chi connectivity index (χ3v) is 5.27. The third-order valence-electron chi connectivity index (χ3n) is 4.41. The second-order valence-electron chi connectivity index (χ2n) is 6.49. The van der Waals surface area contributed by atoms with E-state index < -0.39 is 0 Å². The van der Waals surface area contributed by atoms with Gasteiger partial charge in [-0.2, -0.15) is 0 Å². The number of esters is 1. The number of benzene rings is 2. The molecule has 0 aromatic heterocycles. The lowest BCUT2D eigenvalue weighted by Crippen LogP contribution is -2.27. The number of halogens is 1. The molecule has 0 radical (unpaired) electrons. The standard InChI is InChI=1S/C22H28BrNO4/c1-5-27-22(25)15-28-21-10-9-18(13-16(21)2)14-24(11-12-26-4)20-8-6-7-19(23)17(20)3/h6-10,13H,5,11-12,14-15H2,1-4H3. The van der Waals surface area contributed by atoms with Crippen LogP contribution in [0.3, 0.4) is 0 Å². The molecule has 0 saturated heterocycles. The minimum absolute atomic E-state index is 0.0781. The largest absolute Gasteiger partial charge is 0.482 e. The summed E-state index contributed by atoms with van der Waals surface area (Å²) < 4.78 is 16.9. The summed E-state index contributed by atoms with van der Waals surface area (Å²) in [6.45, 7) is 8.32. The molecule has 28 heavy (non-hydrogen) atoms. The molecule has 2 aromatic rings. The number of aryl methyl sites for hydroxylation is 1. The zero-order valence-corrected chi connectivity index (χ0v) is 18.5. The Labute approximate surface area is 175 Å². The summed E-state index contributed by atoms with van der Waals surface area (Å²) in [7, 11) is 1.71. The van der Waals surface area contributed by atoms with Crippen molar-refractivity contribution in [3.63, 3.8) is 0 Å². The Hall–Kier alpha value is -2.05. The maximum absolute atomic E-state index is 11.5. The van der Waals surface area contributed by atoms with E-state index in [1.807, 2.05) is 31.2 Å². The molecule has 5 nitrogen and oxygen atoms in total. The van der Waals surface area contributed by atoms with Crippen LogP contribution in [0.5, 0.6) is 5.75 Å². The van der Waals surface area contributed by atoms with Crippen molar-refractivity contribution in [2.45, 2.75) is 27.3 Å². The fraction of sp³-hybridized carbons (Fsp3) is 0.409. The zero-order valence-electron chi connectivity index (χ0n) is 17.0. The van der Waals surface area contributed by atoms with Crippen LogP contribution in [0.4, 0.5) is 5.69 Å². The molecule has 0 bridgehead atoms. The van der Waals surface area contributed by atoms with Crippen LogP contribution in [0.1, 0.15) is 23.6 Å². The SMILES string of the molecule is CCOC(=O)COc1ccc(CN(CCOC)c2cccc(Br)c2C)cc1C. The van der Waals surface area contributed by atoms with Crippen molar-refractivity contribution in [1.29, 1.82) is 0 Å². The second-order valence-corrected chi connectivity index (χ2v) is 7.35. The van der Waals surface area contributed by atoms with Crippen LogP contribution < -0.4 is 9.64 Å². The van der Waals surface area contributed by atoms with Crippen molar-refractivity contribution >= 4 is 27.6 Å². The summed E-state index contributed by atoms with van der Waals surface area (Å²) in [5.74, 6) is 0.334. The normalized spacial score (nSPS) is 10.6. The first-order chi connectivity index (χ1) is 13.5. The molecule has 0 atom stereocenters. The third kappa shape index (κ3) is 6.24. The number of hydrogen-bond donors (Lipinski definition) is 0. The van der Waals surface area contributed by atoms with Gasteiger partial charge in [0.15, 0.2) is 6.61 Å². The quantitative estimate of drug-likeness (QED) is 0.493. The number of ether oxygens (including phenoxy) is 3. The van der Waals surface area contributed by atoms with Crippen LogP contribution >= 0.6 is 15.9 Å². The Morgan fingerprint density at radius 3 is 2.64 bits per heavy atom. The highest BCUT2D eigenvalue weighted by Gasteiger charge is 2.13. The number of hydrogen-bond acceptors (Lipinski definition) is 5. The van der Waals surface area contributed by atoms with Crippen molar-refractivity contribution < 1.29 is 19.0 Å². The van der Waals surface area contributed by atoms with E-state index in [0.717, 1.165) is 28.7 Å². The van der Waals surface area contributed by atoms with Gasteiger partial charge in [-0.1, -0.05) is 34.1 Å².